The number of para-hydroxylation sites is 2. The molecule has 0 saturated heterocycles. The quantitative estimate of drug-likeness (QED) is 0.407. The maximum Gasteiger partial charge on any atom is 0.262 e. The van der Waals surface area contributed by atoms with Gasteiger partial charge in [0, 0.05) is 18.5 Å². The van der Waals surface area contributed by atoms with Crippen LogP contribution in [0.1, 0.15) is 38.3 Å². The molecule has 1 aliphatic rings. The van der Waals surface area contributed by atoms with E-state index in [1.807, 2.05) is 52.9 Å². The fraction of sp³-hybridized carbons (Fsp3) is 0.360. The van der Waals surface area contributed by atoms with Crippen LogP contribution in [-0.4, -0.2) is 37.4 Å². The number of nitrogens with zero attached hydrogens (tertiary/aromatic N) is 4. The standard InChI is InChI=1S/C25H27N5O3S/c1-16(2)11-13-29-23(32)18-8-3-5-9-20(18)30-24(29)27-28-25(30)34-15-22(31)26-19-12-14-33-21-10-6-4-7-17(19)21/h3-10,16,19H,11-15H2,1-2H3,(H,26,31). The lowest BCUT2D eigenvalue weighted by atomic mass is 10.0. The normalized spacial score (nSPS) is 15.4. The molecule has 0 spiro atoms. The third-order valence-corrected chi connectivity index (χ3v) is 6.96. The van der Waals surface area contributed by atoms with Crippen LogP contribution in [0.4, 0.5) is 0 Å². The molecule has 1 aliphatic heterocycles. The molecule has 176 valence electrons. The molecule has 1 atom stereocenters. The number of aromatic nitrogens is 4. The highest BCUT2D eigenvalue weighted by molar-refractivity contribution is 7.99. The van der Waals surface area contributed by atoms with Gasteiger partial charge in [0.05, 0.1) is 29.3 Å². The summed E-state index contributed by atoms with van der Waals surface area (Å²) in [7, 11) is 0. The van der Waals surface area contributed by atoms with Crippen molar-refractivity contribution in [2.24, 2.45) is 5.92 Å². The summed E-state index contributed by atoms with van der Waals surface area (Å²) in [5.74, 6) is 1.89. The summed E-state index contributed by atoms with van der Waals surface area (Å²) in [6.07, 6.45) is 1.59. The first-order valence-corrected chi connectivity index (χ1v) is 12.5. The van der Waals surface area contributed by atoms with Crippen molar-refractivity contribution in [3.63, 3.8) is 0 Å². The van der Waals surface area contributed by atoms with Gasteiger partial charge >= 0.3 is 0 Å². The number of benzene rings is 2. The molecule has 5 rings (SSSR count). The average Bonchev–Trinajstić information content (AvgIpc) is 3.27. The fourth-order valence-corrected chi connectivity index (χ4v) is 5.03. The molecule has 9 heteroatoms. The molecule has 0 aliphatic carbocycles. The van der Waals surface area contributed by atoms with E-state index in [1.54, 1.807) is 4.57 Å². The van der Waals surface area contributed by atoms with Gasteiger partial charge < -0.3 is 10.1 Å². The molecule has 3 heterocycles. The SMILES string of the molecule is CC(C)CCn1c(=O)c2ccccc2n2c(SCC(=O)NC3CCOc4ccccc43)nnc12. The second kappa shape index (κ2) is 9.50. The van der Waals surface area contributed by atoms with Crippen molar-refractivity contribution < 1.29 is 9.53 Å². The maximum absolute atomic E-state index is 13.2. The van der Waals surface area contributed by atoms with Gasteiger partial charge in [-0.3, -0.25) is 18.6 Å². The topological polar surface area (TPSA) is 90.5 Å². The smallest absolute Gasteiger partial charge is 0.262 e. The Morgan fingerprint density at radius 3 is 2.82 bits per heavy atom. The number of amides is 1. The second-order valence-electron chi connectivity index (χ2n) is 8.86. The Labute approximate surface area is 201 Å². The third-order valence-electron chi connectivity index (χ3n) is 6.03. The monoisotopic (exact) mass is 477 g/mol. The van der Waals surface area contributed by atoms with Gasteiger partial charge in [-0.1, -0.05) is 55.9 Å². The van der Waals surface area contributed by atoms with Crippen LogP contribution in [0.3, 0.4) is 0 Å². The molecule has 0 radical (unpaired) electrons. The average molecular weight is 478 g/mol. The summed E-state index contributed by atoms with van der Waals surface area (Å²) >= 11 is 1.32. The molecule has 0 bridgehead atoms. The van der Waals surface area contributed by atoms with Gasteiger partial charge in [-0.2, -0.15) is 0 Å². The number of thioether (sulfide) groups is 1. The summed E-state index contributed by atoms with van der Waals surface area (Å²) in [4.78, 5) is 26.0. The maximum atomic E-state index is 13.2. The lowest BCUT2D eigenvalue weighted by molar-refractivity contribution is -0.119. The number of hydrogen-bond donors (Lipinski definition) is 1. The van der Waals surface area contributed by atoms with E-state index in [-0.39, 0.29) is 23.3 Å². The van der Waals surface area contributed by atoms with Gasteiger partial charge in [0.25, 0.3) is 5.56 Å². The van der Waals surface area contributed by atoms with Crippen molar-refractivity contribution in [3.05, 3.63) is 64.4 Å². The van der Waals surface area contributed by atoms with Crippen molar-refractivity contribution in [2.45, 2.75) is 44.4 Å². The van der Waals surface area contributed by atoms with Crippen molar-refractivity contribution in [1.82, 2.24) is 24.5 Å². The lowest BCUT2D eigenvalue weighted by Crippen LogP contribution is -2.33. The van der Waals surface area contributed by atoms with Crippen LogP contribution in [0, 0.1) is 5.92 Å². The minimum absolute atomic E-state index is 0.0661. The number of aryl methyl sites for hydroxylation is 1. The van der Waals surface area contributed by atoms with Crippen LogP contribution in [0.15, 0.2) is 58.5 Å². The largest absolute Gasteiger partial charge is 0.493 e. The number of ether oxygens (including phenoxy) is 1. The predicted octanol–water partition coefficient (Wildman–Crippen LogP) is 3.82. The van der Waals surface area contributed by atoms with Gasteiger partial charge in [-0.15, -0.1) is 10.2 Å². The Bertz CT molecular complexity index is 1410. The Morgan fingerprint density at radius 1 is 1.18 bits per heavy atom. The Morgan fingerprint density at radius 2 is 1.97 bits per heavy atom. The van der Waals surface area contributed by atoms with Crippen LogP contribution >= 0.6 is 11.8 Å². The summed E-state index contributed by atoms with van der Waals surface area (Å²) in [6, 6.07) is 15.2. The minimum atomic E-state index is -0.0825. The van der Waals surface area contributed by atoms with Crippen LogP contribution in [0.25, 0.3) is 16.7 Å². The number of rotatable bonds is 7. The van der Waals surface area contributed by atoms with Crippen LogP contribution in [0.5, 0.6) is 5.75 Å². The molecular formula is C25H27N5O3S. The van der Waals surface area contributed by atoms with Crippen LogP contribution in [-0.2, 0) is 11.3 Å². The Balaban J connectivity index is 1.40. The molecule has 4 aromatic rings. The van der Waals surface area contributed by atoms with E-state index in [4.69, 9.17) is 4.74 Å². The lowest BCUT2D eigenvalue weighted by Gasteiger charge is -2.26. The molecule has 2 aromatic carbocycles. The van der Waals surface area contributed by atoms with E-state index in [2.05, 4.69) is 29.4 Å². The number of carbonyl (C=O) groups is 1. The zero-order valence-electron chi connectivity index (χ0n) is 19.2. The van der Waals surface area contributed by atoms with Gasteiger partial charge in [0.15, 0.2) is 5.16 Å². The highest BCUT2D eigenvalue weighted by atomic mass is 32.2. The van der Waals surface area contributed by atoms with Crippen molar-refractivity contribution in [2.75, 3.05) is 12.4 Å². The van der Waals surface area contributed by atoms with E-state index in [1.165, 1.54) is 11.8 Å². The van der Waals surface area contributed by atoms with E-state index in [0.29, 0.717) is 35.4 Å². The number of carbonyl (C=O) groups excluding carboxylic acids is 1. The summed E-state index contributed by atoms with van der Waals surface area (Å²) < 4.78 is 9.27. The van der Waals surface area contributed by atoms with Gasteiger partial charge in [0.1, 0.15) is 5.75 Å². The Hall–Kier alpha value is -3.33. The van der Waals surface area contributed by atoms with Crippen molar-refractivity contribution >= 4 is 34.3 Å². The van der Waals surface area contributed by atoms with Gasteiger partial charge in [-0.25, -0.2) is 0 Å². The van der Waals surface area contributed by atoms with Crippen LogP contribution < -0.4 is 15.6 Å². The van der Waals surface area contributed by atoms with Crippen molar-refractivity contribution in [3.8, 4) is 5.75 Å². The zero-order chi connectivity index (χ0) is 23.7. The highest BCUT2D eigenvalue weighted by Crippen LogP contribution is 2.31. The van der Waals surface area contributed by atoms with E-state index < -0.39 is 0 Å². The molecule has 2 aromatic heterocycles. The number of nitrogens with one attached hydrogen (secondary N) is 1. The molecule has 34 heavy (non-hydrogen) atoms. The van der Waals surface area contributed by atoms with E-state index in [9.17, 15) is 9.59 Å². The first-order valence-electron chi connectivity index (χ1n) is 11.5. The van der Waals surface area contributed by atoms with Crippen LogP contribution in [0.2, 0.25) is 0 Å². The molecule has 0 saturated carbocycles. The molecule has 1 amide bonds. The first kappa shape index (κ1) is 22.5. The minimum Gasteiger partial charge on any atom is -0.493 e. The molecule has 1 N–H and O–H groups in total. The van der Waals surface area contributed by atoms with Gasteiger partial charge in [0.2, 0.25) is 11.7 Å². The van der Waals surface area contributed by atoms with E-state index in [0.717, 1.165) is 29.7 Å². The molecular weight excluding hydrogens is 450 g/mol. The van der Waals surface area contributed by atoms with Gasteiger partial charge in [-0.05, 0) is 30.5 Å². The third kappa shape index (κ3) is 4.27. The predicted molar refractivity (Wildman–Crippen MR) is 132 cm³/mol. The molecule has 0 fully saturated rings. The summed E-state index contributed by atoms with van der Waals surface area (Å²) in [5.41, 5.74) is 1.68. The fourth-order valence-electron chi connectivity index (χ4n) is 4.27. The highest BCUT2D eigenvalue weighted by Gasteiger charge is 2.23. The second-order valence-corrected chi connectivity index (χ2v) is 9.80. The van der Waals surface area contributed by atoms with Crippen molar-refractivity contribution in [1.29, 1.82) is 0 Å². The molecule has 1 unspecified atom stereocenters. The first-order chi connectivity index (χ1) is 16.5. The zero-order valence-corrected chi connectivity index (χ0v) is 20.0. The van der Waals surface area contributed by atoms with E-state index >= 15 is 0 Å². The summed E-state index contributed by atoms with van der Waals surface area (Å²) in [5, 5.41) is 13.0. The molecule has 8 nitrogen and oxygen atoms in total. The number of fused-ring (bicyclic) bond motifs is 4. The summed E-state index contributed by atoms with van der Waals surface area (Å²) in [6.45, 7) is 5.40. The Kier molecular flexibility index (Phi) is 6.28. The number of hydrogen-bond acceptors (Lipinski definition) is 6.